The number of nitrogens with zero attached hydrogens (tertiary/aromatic N) is 3. The maximum atomic E-state index is 13.8. The average Bonchev–Trinajstić information content (AvgIpc) is 3.31. The molecule has 0 aliphatic carbocycles. The molecule has 0 saturated heterocycles. The molecule has 170 valence electrons. The lowest BCUT2D eigenvalue weighted by Gasteiger charge is -2.08. The highest BCUT2D eigenvalue weighted by Gasteiger charge is 2.22. The van der Waals surface area contributed by atoms with Crippen LogP contribution in [-0.4, -0.2) is 20.8 Å². The van der Waals surface area contributed by atoms with Crippen molar-refractivity contribution in [2.24, 2.45) is 0 Å². The Kier molecular flexibility index (Phi) is 6.55. The van der Waals surface area contributed by atoms with Crippen LogP contribution in [0.3, 0.4) is 0 Å². The SMILES string of the molecule is Cc1ccc(Cn2cc(Br)c(NC(=O)c3noc(C)c3COc3ccc(F)cc3F)n2)cc1. The normalized spacial score (nSPS) is 10.9. The Morgan fingerprint density at radius 1 is 1.18 bits per heavy atom. The smallest absolute Gasteiger partial charge is 0.279 e. The molecule has 0 bridgehead atoms. The van der Waals surface area contributed by atoms with Crippen molar-refractivity contribution >= 4 is 27.7 Å². The van der Waals surface area contributed by atoms with Crippen LogP contribution in [0.4, 0.5) is 14.6 Å². The van der Waals surface area contributed by atoms with Crippen LogP contribution in [0.1, 0.15) is 32.9 Å². The molecule has 0 radical (unpaired) electrons. The van der Waals surface area contributed by atoms with Crippen molar-refractivity contribution < 1.29 is 22.8 Å². The van der Waals surface area contributed by atoms with Gasteiger partial charge in [0.2, 0.25) is 0 Å². The number of hydrogen-bond acceptors (Lipinski definition) is 5. The van der Waals surface area contributed by atoms with E-state index in [9.17, 15) is 13.6 Å². The van der Waals surface area contributed by atoms with Crippen LogP contribution in [-0.2, 0) is 13.2 Å². The Labute approximate surface area is 196 Å². The lowest BCUT2D eigenvalue weighted by Crippen LogP contribution is -2.16. The molecule has 2 heterocycles. The molecule has 2 aromatic carbocycles. The van der Waals surface area contributed by atoms with E-state index in [-0.39, 0.29) is 18.1 Å². The van der Waals surface area contributed by atoms with Crippen LogP contribution in [0.15, 0.2) is 57.7 Å². The first kappa shape index (κ1) is 22.7. The standard InChI is InChI=1S/C23H19BrF2N4O3/c1-13-3-5-15(6-4-13)10-30-11-18(24)22(28-30)27-23(31)21-17(14(2)33-29-21)12-32-20-8-7-16(25)9-19(20)26/h3-9,11H,10,12H2,1-2H3,(H,27,28,31). The lowest BCUT2D eigenvalue weighted by molar-refractivity contribution is 0.101. The summed E-state index contributed by atoms with van der Waals surface area (Å²) in [6, 6.07) is 11.0. The first-order valence-corrected chi connectivity index (χ1v) is 10.7. The van der Waals surface area contributed by atoms with Crippen LogP contribution in [0, 0.1) is 25.5 Å². The minimum atomic E-state index is -0.849. The number of carbonyl (C=O) groups excluding carboxylic acids is 1. The second-order valence-corrected chi connectivity index (χ2v) is 8.25. The topological polar surface area (TPSA) is 82.2 Å². The van der Waals surface area contributed by atoms with Gasteiger partial charge in [-0.15, -0.1) is 0 Å². The van der Waals surface area contributed by atoms with Gasteiger partial charge in [-0.3, -0.25) is 9.48 Å². The van der Waals surface area contributed by atoms with Crippen molar-refractivity contribution in [3.05, 3.63) is 92.9 Å². The van der Waals surface area contributed by atoms with E-state index >= 15 is 0 Å². The number of anilines is 1. The Hall–Kier alpha value is -3.53. The number of nitrogens with one attached hydrogen (secondary N) is 1. The second-order valence-electron chi connectivity index (χ2n) is 7.39. The van der Waals surface area contributed by atoms with Gasteiger partial charge in [-0.2, -0.15) is 5.10 Å². The molecule has 33 heavy (non-hydrogen) atoms. The minimum absolute atomic E-state index is 0.0185. The highest BCUT2D eigenvalue weighted by atomic mass is 79.9. The molecule has 0 saturated carbocycles. The van der Waals surface area contributed by atoms with Gasteiger partial charge in [0, 0.05) is 12.3 Å². The number of halogens is 3. The summed E-state index contributed by atoms with van der Waals surface area (Å²) in [5, 5.41) is 10.9. The summed E-state index contributed by atoms with van der Waals surface area (Å²) in [6.45, 7) is 3.96. The number of aryl methyl sites for hydroxylation is 2. The summed E-state index contributed by atoms with van der Waals surface area (Å²) < 4.78 is 39.8. The zero-order chi connectivity index (χ0) is 23.5. The monoisotopic (exact) mass is 516 g/mol. The van der Waals surface area contributed by atoms with Crippen molar-refractivity contribution in [1.82, 2.24) is 14.9 Å². The van der Waals surface area contributed by atoms with Gasteiger partial charge in [0.05, 0.1) is 16.6 Å². The van der Waals surface area contributed by atoms with Crippen molar-refractivity contribution in [3.63, 3.8) is 0 Å². The Balaban J connectivity index is 1.47. The summed E-state index contributed by atoms with van der Waals surface area (Å²) in [4.78, 5) is 12.8. The maximum absolute atomic E-state index is 13.8. The van der Waals surface area contributed by atoms with Crippen LogP contribution >= 0.6 is 15.9 Å². The van der Waals surface area contributed by atoms with Gasteiger partial charge in [-0.25, -0.2) is 8.78 Å². The van der Waals surface area contributed by atoms with E-state index < -0.39 is 17.5 Å². The van der Waals surface area contributed by atoms with E-state index in [1.54, 1.807) is 17.8 Å². The molecule has 0 fully saturated rings. The van der Waals surface area contributed by atoms with E-state index in [1.165, 1.54) is 11.6 Å². The molecular formula is C23H19BrF2N4O3. The molecule has 0 aliphatic heterocycles. The van der Waals surface area contributed by atoms with Crippen molar-refractivity contribution in [3.8, 4) is 5.75 Å². The maximum Gasteiger partial charge on any atom is 0.279 e. The molecule has 4 aromatic rings. The Morgan fingerprint density at radius 3 is 2.67 bits per heavy atom. The summed E-state index contributed by atoms with van der Waals surface area (Å²) in [6.07, 6.45) is 1.75. The van der Waals surface area contributed by atoms with E-state index in [1.807, 2.05) is 31.2 Å². The number of rotatable bonds is 7. The lowest BCUT2D eigenvalue weighted by atomic mass is 10.1. The highest BCUT2D eigenvalue weighted by Crippen LogP contribution is 2.24. The van der Waals surface area contributed by atoms with Crippen LogP contribution < -0.4 is 10.1 Å². The van der Waals surface area contributed by atoms with Gasteiger partial charge in [-0.05, 0) is 47.5 Å². The zero-order valence-corrected chi connectivity index (χ0v) is 19.3. The predicted octanol–water partition coefficient (Wildman–Crippen LogP) is 5.41. The first-order valence-electron chi connectivity index (χ1n) is 9.93. The summed E-state index contributed by atoms with van der Waals surface area (Å²) in [5.41, 5.74) is 2.55. The summed E-state index contributed by atoms with van der Waals surface area (Å²) in [5.74, 6) is -1.63. The molecule has 10 heteroatoms. The third kappa shape index (κ3) is 5.28. The van der Waals surface area contributed by atoms with E-state index in [2.05, 4.69) is 31.5 Å². The fraction of sp³-hybridized carbons (Fsp3) is 0.174. The Morgan fingerprint density at radius 2 is 1.94 bits per heavy atom. The van der Waals surface area contributed by atoms with E-state index in [0.717, 1.165) is 11.6 Å². The molecule has 0 unspecified atom stereocenters. The number of carbonyl (C=O) groups is 1. The average molecular weight is 517 g/mol. The van der Waals surface area contributed by atoms with Crippen LogP contribution in [0.5, 0.6) is 5.75 Å². The number of ether oxygens (including phenoxy) is 1. The molecule has 1 amide bonds. The third-order valence-corrected chi connectivity index (χ3v) is 5.46. The fourth-order valence-electron chi connectivity index (χ4n) is 3.09. The molecule has 1 N–H and O–H groups in total. The zero-order valence-electron chi connectivity index (χ0n) is 17.7. The minimum Gasteiger partial charge on any atom is -0.486 e. The molecule has 2 aromatic heterocycles. The van der Waals surface area contributed by atoms with Gasteiger partial charge in [0.25, 0.3) is 5.91 Å². The number of hydrogen-bond donors (Lipinski definition) is 1. The number of amides is 1. The van der Waals surface area contributed by atoms with Crippen molar-refractivity contribution in [1.29, 1.82) is 0 Å². The van der Waals surface area contributed by atoms with Crippen molar-refractivity contribution in [2.45, 2.75) is 27.0 Å². The molecule has 7 nitrogen and oxygen atoms in total. The van der Waals surface area contributed by atoms with Gasteiger partial charge in [-0.1, -0.05) is 35.0 Å². The van der Waals surface area contributed by atoms with Crippen molar-refractivity contribution in [2.75, 3.05) is 5.32 Å². The third-order valence-electron chi connectivity index (χ3n) is 4.88. The molecule has 0 spiro atoms. The van der Waals surface area contributed by atoms with E-state index in [0.29, 0.717) is 34.2 Å². The van der Waals surface area contributed by atoms with Gasteiger partial charge in [0.1, 0.15) is 18.2 Å². The highest BCUT2D eigenvalue weighted by molar-refractivity contribution is 9.10. The summed E-state index contributed by atoms with van der Waals surface area (Å²) >= 11 is 3.40. The Bertz CT molecular complexity index is 1300. The van der Waals surface area contributed by atoms with E-state index in [4.69, 9.17) is 9.26 Å². The fourth-order valence-corrected chi connectivity index (χ4v) is 3.51. The molecule has 0 atom stereocenters. The number of aromatic nitrogens is 3. The van der Waals surface area contributed by atoms with Crippen LogP contribution in [0.2, 0.25) is 0 Å². The van der Waals surface area contributed by atoms with Gasteiger partial charge in [0.15, 0.2) is 23.1 Å². The molecular weight excluding hydrogens is 498 g/mol. The second kappa shape index (κ2) is 9.53. The first-order chi connectivity index (χ1) is 15.8. The molecule has 0 aliphatic rings. The quantitative estimate of drug-likeness (QED) is 0.355. The largest absolute Gasteiger partial charge is 0.486 e. The molecule has 4 rings (SSSR count). The number of benzene rings is 2. The summed E-state index contributed by atoms with van der Waals surface area (Å²) in [7, 11) is 0. The van der Waals surface area contributed by atoms with Gasteiger partial charge < -0.3 is 14.6 Å². The van der Waals surface area contributed by atoms with Crippen LogP contribution in [0.25, 0.3) is 0 Å². The predicted molar refractivity (Wildman–Crippen MR) is 120 cm³/mol. The van der Waals surface area contributed by atoms with Gasteiger partial charge >= 0.3 is 0 Å².